The van der Waals surface area contributed by atoms with Gasteiger partial charge in [-0.1, -0.05) is 42.5 Å². The SMILES string of the molecule is CC(Oc1nn2c(-c3ccccc3F)nnc2cc1-c1ccccc1)c1nc[nH]n1. The Balaban J connectivity index is 1.68. The van der Waals surface area contributed by atoms with Crippen LogP contribution in [0.15, 0.2) is 67.0 Å². The smallest absolute Gasteiger partial charge is 0.240 e. The summed E-state index contributed by atoms with van der Waals surface area (Å²) >= 11 is 0. The van der Waals surface area contributed by atoms with Gasteiger partial charge in [-0.15, -0.1) is 15.3 Å². The highest BCUT2D eigenvalue weighted by Gasteiger charge is 2.20. The van der Waals surface area contributed by atoms with E-state index in [4.69, 9.17) is 4.74 Å². The summed E-state index contributed by atoms with van der Waals surface area (Å²) in [7, 11) is 0. The average Bonchev–Trinajstić information content (AvgIpc) is 3.44. The Morgan fingerprint density at radius 1 is 1.00 bits per heavy atom. The maximum atomic E-state index is 14.4. The van der Waals surface area contributed by atoms with Gasteiger partial charge in [0.2, 0.25) is 5.88 Å². The van der Waals surface area contributed by atoms with E-state index in [-0.39, 0.29) is 5.82 Å². The summed E-state index contributed by atoms with van der Waals surface area (Å²) in [5.41, 5.74) is 2.42. The highest BCUT2D eigenvalue weighted by Crippen LogP contribution is 2.32. The van der Waals surface area contributed by atoms with E-state index in [0.29, 0.717) is 22.9 Å². The number of halogens is 1. The molecule has 30 heavy (non-hydrogen) atoms. The molecule has 0 saturated carbocycles. The van der Waals surface area contributed by atoms with Crippen LogP contribution in [0, 0.1) is 5.82 Å². The molecule has 1 atom stereocenters. The lowest BCUT2D eigenvalue weighted by molar-refractivity contribution is 0.206. The number of nitrogens with zero attached hydrogens (tertiary/aromatic N) is 6. The Labute approximate surface area is 170 Å². The van der Waals surface area contributed by atoms with Crippen LogP contribution in [0.1, 0.15) is 18.9 Å². The van der Waals surface area contributed by atoms with Crippen molar-refractivity contribution < 1.29 is 9.13 Å². The molecule has 0 aliphatic rings. The Bertz CT molecular complexity index is 1300. The van der Waals surface area contributed by atoms with Crippen LogP contribution < -0.4 is 4.74 Å². The van der Waals surface area contributed by atoms with Gasteiger partial charge in [0.25, 0.3) is 0 Å². The molecule has 0 fully saturated rings. The Kier molecular flexibility index (Phi) is 4.40. The van der Waals surface area contributed by atoms with Crippen molar-refractivity contribution in [1.29, 1.82) is 0 Å². The molecular formula is C21H16FN7O. The number of ether oxygens (including phenoxy) is 1. The number of hydrogen-bond donors (Lipinski definition) is 1. The van der Waals surface area contributed by atoms with Crippen molar-refractivity contribution in [3.63, 3.8) is 0 Å². The Hall–Kier alpha value is -4.14. The molecule has 8 nitrogen and oxygen atoms in total. The van der Waals surface area contributed by atoms with Crippen LogP contribution in [0.2, 0.25) is 0 Å². The van der Waals surface area contributed by atoms with Gasteiger partial charge in [0.15, 0.2) is 23.4 Å². The van der Waals surface area contributed by atoms with E-state index in [9.17, 15) is 4.39 Å². The molecule has 1 unspecified atom stereocenters. The molecule has 0 amide bonds. The van der Waals surface area contributed by atoms with Gasteiger partial charge < -0.3 is 4.74 Å². The fraction of sp³-hybridized carbons (Fsp3) is 0.0952. The minimum atomic E-state index is -0.461. The van der Waals surface area contributed by atoms with Crippen molar-refractivity contribution in [3.05, 3.63) is 78.6 Å². The molecule has 3 heterocycles. The monoisotopic (exact) mass is 401 g/mol. The van der Waals surface area contributed by atoms with Crippen molar-refractivity contribution in [1.82, 2.24) is 35.0 Å². The highest BCUT2D eigenvalue weighted by molar-refractivity contribution is 5.73. The third-order valence-electron chi connectivity index (χ3n) is 4.64. The van der Waals surface area contributed by atoms with Crippen LogP contribution in [-0.2, 0) is 0 Å². The van der Waals surface area contributed by atoms with Crippen LogP contribution in [-0.4, -0.2) is 35.0 Å². The number of benzene rings is 2. The Morgan fingerprint density at radius 3 is 2.57 bits per heavy atom. The molecule has 1 N–H and O–H groups in total. The first-order chi connectivity index (χ1) is 14.7. The molecular weight excluding hydrogens is 385 g/mol. The second-order valence-electron chi connectivity index (χ2n) is 6.62. The lowest BCUT2D eigenvalue weighted by atomic mass is 10.1. The van der Waals surface area contributed by atoms with Crippen molar-refractivity contribution >= 4 is 5.65 Å². The lowest BCUT2D eigenvalue weighted by Gasteiger charge is -2.15. The van der Waals surface area contributed by atoms with Crippen molar-refractivity contribution in [3.8, 4) is 28.4 Å². The van der Waals surface area contributed by atoms with Gasteiger partial charge in [-0.3, -0.25) is 5.10 Å². The molecule has 5 rings (SSSR count). The molecule has 0 radical (unpaired) electrons. The minimum absolute atomic E-state index is 0.290. The van der Waals surface area contributed by atoms with E-state index in [1.54, 1.807) is 18.2 Å². The summed E-state index contributed by atoms with van der Waals surface area (Å²) in [6, 6.07) is 17.9. The zero-order chi connectivity index (χ0) is 20.5. The zero-order valence-corrected chi connectivity index (χ0v) is 15.9. The van der Waals surface area contributed by atoms with E-state index >= 15 is 0 Å². The normalized spacial score (nSPS) is 12.2. The van der Waals surface area contributed by atoms with Gasteiger partial charge in [-0.2, -0.15) is 9.61 Å². The van der Waals surface area contributed by atoms with Crippen molar-refractivity contribution in [2.24, 2.45) is 0 Å². The number of aromatic amines is 1. The third kappa shape index (κ3) is 3.16. The highest BCUT2D eigenvalue weighted by atomic mass is 19.1. The number of nitrogens with one attached hydrogen (secondary N) is 1. The van der Waals surface area contributed by atoms with E-state index in [1.165, 1.54) is 16.9 Å². The molecule has 9 heteroatoms. The average molecular weight is 401 g/mol. The second-order valence-corrected chi connectivity index (χ2v) is 6.62. The summed E-state index contributed by atoms with van der Waals surface area (Å²) in [5, 5.41) is 19.7. The molecule has 2 aromatic carbocycles. The predicted molar refractivity (Wildman–Crippen MR) is 107 cm³/mol. The van der Waals surface area contributed by atoms with Crippen LogP contribution in [0.25, 0.3) is 28.2 Å². The number of aromatic nitrogens is 7. The zero-order valence-electron chi connectivity index (χ0n) is 15.9. The molecule has 0 bridgehead atoms. The summed E-state index contributed by atoms with van der Waals surface area (Å²) in [6.07, 6.45) is 1.03. The summed E-state index contributed by atoms with van der Waals surface area (Å²) in [5.74, 6) is 0.716. The van der Waals surface area contributed by atoms with Gasteiger partial charge in [0.1, 0.15) is 12.1 Å². The fourth-order valence-electron chi connectivity index (χ4n) is 3.17. The molecule has 0 aliphatic carbocycles. The standard InChI is InChI=1S/C21H16FN7O/c1-13(19-23-12-24-26-19)30-21-16(14-7-3-2-4-8-14)11-18-25-27-20(29(18)28-21)15-9-5-6-10-17(15)22/h2-13H,1H3,(H,23,24,26). The van der Waals surface area contributed by atoms with E-state index < -0.39 is 11.9 Å². The molecule has 0 saturated heterocycles. The summed E-state index contributed by atoms with van der Waals surface area (Å²) < 4.78 is 22.0. The van der Waals surface area contributed by atoms with Gasteiger partial charge in [0, 0.05) is 5.56 Å². The third-order valence-corrected chi connectivity index (χ3v) is 4.64. The molecule has 3 aromatic heterocycles. The molecule has 0 aliphatic heterocycles. The molecule has 0 spiro atoms. The maximum absolute atomic E-state index is 14.4. The second kappa shape index (κ2) is 7.36. The topological polar surface area (TPSA) is 93.9 Å². The van der Waals surface area contributed by atoms with E-state index in [2.05, 4.69) is 30.5 Å². The van der Waals surface area contributed by atoms with Gasteiger partial charge in [-0.25, -0.2) is 9.37 Å². The van der Waals surface area contributed by atoms with Crippen molar-refractivity contribution in [2.75, 3.05) is 0 Å². The predicted octanol–water partition coefficient (Wildman–Crippen LogP) is 3.86. The van der Waals surface area contributed by atoms with E-state index in [1.807, 2.05) is 43.3 Å². The number of rotatable bonds is 5. The quantitative estimate of drug-likeness (QED) is 0.481. The van der Waals surface area contributed by atoms with Gasteiger partial charge in [0.05, 0.1) is 5.56 Å². The number of fused-ring (bicyclic) bond motifs is 1. The molecule has 148 valence electrons. The fourth-order valence-corrected chi connectivity index (χ4v) is 3.17. The van der Waals surface area contributed by atoms with Crippen LogP contribution in [0.3, 0.4) is 0 Å². The first kappa shape index (κ1) is 17.9. The summed E-state index contributed by atoms with van der Waals surface area (Å²) in [4.78, 5) is 4.14. The van der Waals surface area contributed by atoms with Gasteiger partial charge in [-0.05, 0) is 30.7 Å². The van der Waals surface area contributed by atoms with Crippen molar-refractivity contribution in [2.45, 2.75) is 13.0 Å². The number of H-pyrrole nitrogens is 1. The van der Waals surface area contributed by atoms with Crippen LogP contribution in [0.5, 0.6) is 5.88 Å². The van der Waals surface area contributed by atoms with Gasteiger partial charge >= 0.3 is 0 Å². The van der Waals surface area contributed by atoms with Crippen LogP contribution in [0.4, 0.5) is 4.39 Å². The Morgan fingerprint density at radius 2 is 1.80 bits per heavy atom. The largest absolute Gasteiger partial charge is 0.465 e. The minimum Gasteiger partial charge on any atom is -0.465 e. The molecule has 5 aromatic rings. The summed E-state index contributed by atoms with van der Waals surface area (Å²) in [6.45, 7) is 1.83. The first-order valence-corrected chi connectivity index (χ1v) is 9.30. The lowest BCUT2D eigenvalue weighted by Crippen LogP contribution is -2.09. The van der Waals surface area contributed by atoms with E-state index in [0.717, 1.165) is 11.1 Å². The number of hydrogen-bond acceptors (Lipinski definition) is 6. The first-order valence-electron chi connectivity index (χ1n) is 9.30. The maximum Gasteiger partial charge on any atom is 0.240 e. The van der Waals surface area contributed by atoms with Crippen LogP contribution >= 0.6 is 0 Å².